The number of hydrogen-bond donors (Lipinski definition) is 1. The summed E-state index contributed by atoms with van der Waals surface area (Å²) in [4.78, 5) is 19.2. The highest BCUT2D eigenvalue weighted by Gasteiger charge is 2.17. The van der Waals surface area contributed by atoms with Gasteiger partial charge in [0.15, 0.2) is 0 Å². The molecule has 0 aliphatic carbocycles. The summed E-state index contributed by atoms with van der Waals surface area (Å²) in [6.45, 7) is 3.68. The Kier molecular flexibility index (Phi) is 6.05. The number of likely N-dealkylation sites (N-methyl/N-ethyl adjacent to an activating group) is 1. The summed E-state index contributed by atoms with van der Waals surface area (Å²) in [7, 11) is 3.96. The van der Waals surface area contributed by atoms with Gasteiger partial charge in [0, 0.05) is 25.8 Å². The van der Waals surface area contributed by atoms with Crippen LogP contribution >= 0.6 is 11.6 Å². The van der Waals surface area contributed by atoms with Crippen LogP contribution in [0, 0.1) is 5.92 Å². The van der Waals surface area contributed by atoms with Crippen LogP contribution < -0.4 is 4.90 Å². The van der Waals surface area contributed by atoms with Crippen LogP contribution in [0.25, 0.3) is 0 Å². The third kappa shape index (κ3) is 5.44. The van der Waals surface area contributed by atoms with Crippen molar-refractivity contribution in [2.24, 2.45) is 5.92 Å². The molecule has 1 atom stereocenters. The maximum absolute atomic E-state index is 11.0. The highest BCUT2D eigenvalue weighted by Crippen LogP contribution is 2.15. The van der Waals surface area contributed by atoms with Gasteiger partial charge in [0.05, 0.1) is 10.9 Å². The highest BCUT2D eigenvalue weighted by molar-refractivity contribution is 6.30. The number of aliphatic carboxylic acids is 1. The number of aromatic nitrogens is 1. The van der Waals surface area contributed by atoms with E-state index in [0.29, 0.717) is 11.6 Å². The fourth-order valence-electron chi connectivity index (χ4n) is 1.58. The molecule has 0 spiro atoms. The van der Waals surface area contributed by atoms with Gasteiger partial charge in [-0.15, -0.1) is 0 Å². The largest absolute Gasteiger partial charge is 0.481 e. The second-order valence-corrected chi connectivity index (χ2v) is 5.26. The zero-order valence-electron chi connectivity index (χ0n) is 11.5. The number of pyridine rings is 1. The van der Waals surface area contributed by atoms with Gasteiger partial charge in [-0.2, -0.15) is 0 Å². The lowest BCUT2D eigenvalue weighted by Gasteiger charge is -2.27. The lowest BCUT2D eigenvalue weighted by molar-refractivity contribution is -0.140. The van der Waals surface area contributed by atoms with Gasteiger partial charge in [-0.1, -0.05) is 18.5 Å². The molecule has 0 bridgehead atoms. The minimum absolute atomic E-state index is 0.428. The molecule has 6 heteroatoms. The van der Waals surface area contributed by atoms with E-state index in [4.69, 9.17) is 16.7 Å². The predicted octanol–water partition coefficient (Wildman–Crippen LogP) is 1.82. The van der Waals surface area contributed by atoms with Crippen LogP contribution in [0.5, 0.6) is 0 Å². The van der Waals surface area contributed by atoms with E-state index in [0.717, 1.165) is 18.9 Å². The van der Waals surface area contributed by atoms with E-state index in [2.05, 4.69) is 4.98 Å². The van der Waals surface area contributed by atoms with E-state index in [9.17, 15) is 4.79 Å². The molecule has 0 saturated heterocycles. The van der Waals surface area contributed by atoms with Crippen LogP contribution in [-0.2, 0) is 4.79 Å². The van der Waals surface area contributed by atoms with Gasteiger partial charge in [-0.25, -0.2) is 4.98 Å². The SMILES string of the molecule is CC(CN(CCN(C)C)c1ccc(Cl)cn1)C(=O)O. The van der Waals surface area contributed by atoms with E-state index in [1.165, 1.54) is 0 Å². The van der Waals surface area contributed by atoms with Crippen LogP contribution in [0.1, 0.15) is 6.92 Å². The Labute approximate surface area is 118 Å². The number of nitrogens with zero attached hydrogens (tertiary/aromatic N) is 3. The molecular formula is C13H20ClN3O2. The summed E-state index contributed by atoms with van der Waals surface area (Å²) in [5, 5.41) is 9.59. The normalized spacial score (nSPS) is 12.5. The van der Waals surface area contributed by atoms with Crippen molar-refractivity contribution in [3.8, 4) is 0 Å². The summed E-state index contributed by atoms with van der Waals surface area (Å²) < 4.78 is 0. The molecule has 1 rings (SSSR count). The quantitative estimate of drug-likeness (QED) is 0.828. The van der Waals surface area contributed by atoms with Crippen molar-refractivity contribution >= 4 is 23.4 Å². The molecule has 1 aromatic heterocycles. The van der Waals surface area contributed by atoms with Crippen molar-refractivity contribution in [2.75, 3.05) is 38.6 Å². The van der Waals surface area contributed by atoms with Crippen molar-refractivity contribution < 1.29 is 9.90 Å². The number of carbonyl (C=O) groups is 1. The number of carboxylic acids is 1. The Morgan fingerprint density at radius 2 is 2.11 bits per heavy atom. The summed E-state index contributed by atoms with van der Waals surface area (Å²) >= 11 is 5.82. The van der Waals surface area contributed by atoms with Crippen LogP contribution in [0.3, 0.4) is 0 Å². The first-order valence-electron chi connectivity index (χ1n) is 6.14. The molecule has 0 saturated carbocycles. The standard InChI is InChI=1S/C13H20ClN3O2/c1-10(13(18)19)9-17(7-6-16(2)3)12-5-4-11(14)8-15-12/h4-5,8,10H,6-7,9H2,1-3H3,(H,18,19). The maximum atomic E-state index is 11.0. The van der Waals surface area contributed by atoms with Gasteiger partial charge < -0.3 is 14.9 Å². The monoisotopic (exact) mass is 285 g/mol. The second-order valence-electron chi connectivity index (χ2n) is 4.82. The average molecular weight is 286 g/mol. The van der Waals surface area contributed by atoms with Gasteiger partial charge in [0.1, 0.15) is 5.82 Å². The van der Waals surface area contributed by atoms with Crippen molar-refractivity contribution in [2.45, 2.75) is 6.92 Å². The van der Waals surface area contributed by atoms with E-state index in [1.54, 1.807) is 19.2 Å². The minimum atomic E-state index is -0.802. The first kappa shape index (κ1) is 15.7. The minimum Gasteiger partial charge on any atom is -0.481 e. The number of hydrogen-bond acceptors (Lipinski definition) is 4. The van der Waals surface area contributed by atoms with Crippen LogP contribution in [0.15, 0.2) is 18.3 Å². The lowest BCUT2D eigenvalue weighted by Crippen LogP contribution is -2.37. The molecule has 1 N–H and O–H groups in total. The smallest absolute Gasteiger partial charge is 0.308 e. The molecule has 0 aromatic carbocycles. The van der Waals surface area contributed by atoms with Gasteiger partial charge >= 0.3 is 5.97 Å². The Bertz CT molecular complexity index is 409. The average Bonchev–Trinajstić information content (AvgIpc) is 2.35. The highest BCUT2D eigenvalue weighted by atomic mass is 35.5. The number of halogens is 1. The number of rotatable bonds is 7. The van der Waals surface area contributed by atoms with Gasteiger partial charge in [-0.3, -0.25) is 4.79 Å². The van der Waals surface area contributed by atoms with E-state index < -0.39 is 11.9 Å². The van der Waals surface area contributed by atoms with E-state index >= 15 is 0 Å². The molecule has 0 aliphatic heterocycles. The van der Waals surface area contributed by atoms with Gasteiger partial charge in [0.25, 0.3) is 0 Å². The molecule has 19 heavy (non-hydrogen) atoms. The summed E-state index contributed by atoms with van der Waals surface area (Å²) in [5.41, 5.74) is 0. The first-order valence-corrected chi connectivity index (χ1v) is 6.52. The van der Waals surface area contributed by atoms with Crippen LogP contribution in [-0.4, -0.2) is 54.7 Å². The third-order valence-electron chi connectivity index (χ3n) is 2.77. The number of carboxylic acid groups (broad SMARTS) is 1. The summed E-state index contributed by atoms with van der Waals surface area (Å²) in [6.07, 6.45) is 1.57. The maximum Gasteiger partial charge on any atom is 0.308 e. The van der Waals surface area contributed by atoms with Crippen molar-refractivity contribution in [3.05, 3.63) is 23.4 Å². The molecule has 106 valence electrons. The van der Waals surface area contributed by atoms with Crippen molar-refractivity contribution in [3.63, 3.8) is 0 Å². The summed E-state index contributed by atoms with van der Waals surface area (Å²) in [5.74, 6) is -0.497. The van der Waals surface area contributed by atoms with Gasteiger partial charge in [-0.05, 0) is 26.2 Å². The predicted molar refractivity (Wildman–Crippen MR) is 76.8 cm³/mol. The van der Waals surface area contributed by atoms with Crippen molar-refractivity contribution in [1.29, 1.82) is 0 Å². The first-order chi connectivity index (χ1) is 8.90. The fraction of sp³-hybridized carbons (Fsp3) is 0.538. The fourth-order valence-corrected chi connectivity index (χ4v) is 1.70. The molecule has 1 heterocycles. The molecule has 0 amide bonds. The Morgan fingerprint density at radius 1 is 1.42 bits per heavy atom. The Hall–Kier alpha value is -1.33. The summed E-state index contributed by atoms with van der Waals surface area (Å²) in [6, 6.07) is 3.57. The van der Waals surface area contributed by atoms with Gasteiger partial charge in [0.2, 0.25) is 0 Å². The number of anilines is 1. The Balaban J connectivity index is 2.78. The third-order valence-corrected chi connectivity index (χ3v) is 2.99. The molecule has 0 radical (unpaired) electrons. The van der Waals surface area contributed by atoms with Crippen LogP contribution in [0.4, 0.5) is 5.82 Å². The lowest BCUT2D eigenvalue weighted by atomic mass is 10.1. The van der Waals surface area contributed by atoms with Crippen molar-refractivity contribution in [1.82, 2.24) is 9.88 Å². The molecule has 5 nitrogen and oxygen atoms in total. The molecule has 1 aromatic rings. The van der Waals surface area contributed by atoms with E-state index in [-0.39, 0.29) is 0 Å². The topological polar surface area (TPSA) is 56.7 Å². The molecule has 0 aliphatic rings. The van der Waals surface area contributed by atoms with E-state index in [1.807, 2.05) is 30.0 Å². The molecule has 1 unspecified atom stereocenters. The zero-order chi connectivity index (χ0) is 14.4. The second kappa shape index (κ2) is 7.31. The van der Waals surface area contributed by atoms with Crippen LogP contribution in [0.2, 0.25) is 5.02 Å². The Morgan fingerprint density at radius 3 is 2.58 bits per heavy atom. The molecule has 0 fully saturated rings. The molecular weight excluding hydrogens is 266 g/mol. The zero-order valence-corrected chi connectivity index (χ0v) is 12.3.